The molecule has 82 valence electrons. The summed E-state index contributed by atoms with van der Waals surface area (Å²) < 4.78 is 5.46. The molecule has 0 radical (unpaired) electrons. The number of hydrogen-bond acceptors (Lipinski definition) is 2. The SMILES string of the molecule is C#CCO[C@@H]1CC2CCC[C@@]2(C(=O)O)C1. The first-order chi connectivity index (χ1) is 7.19. The zero-order valence-corrected chi connectivity index (χ0v) is 8.74. The van der Waals surface area contributed by atoms with Gasteiger partial charge in [0.15, 0.2) is 0 Å². The maximum absolute atomic E-state index is 11.3. The first kappa shape index (κ1) is 10.5. The molecule has 2 aliphatic carbocycles. The van der Waals surface area contributed by atoms with Crippen molar-refractivity contribution < 1.29 is 14.6 Å². The lowest BCUT2D eigenvalue weighted by molar-refractivity contribution is -0.150. The van der Waals surface area contributed by atoms with Crippen LogP contribution in [0.2, 0.25) is 0 Å². The summed E-state index contributed by atoms with van der Waals surface area (Å²) in [5.74, 6) is 2.09. The molecule has 2 aliphatic rings. The second-order valence-corrected chi connectivity index (χ2v) is 4.63. The van der Waals surface area contributed by atoms with E-state index in [9.17, 15) is 9.90 Å². The molecule has 3 heteroatoms. The van der Waals surface area contributed by atoms with Gasteiger partial charge in [0.2, 0.25) is 0 Å². The Bertz CT molecular complexity index is 304. The van der Waals surface area contributed by atoms with Crippen molar-refractivity contribution in [3.05, 3.63) is 0 Å². The number of terminal acetylenes is 1. The molecule has 1 N–H and O–H groups in total. The quantitative estimate of drug-likeness (QED) is 0.718. The third-order valence-corrected chi connectivity index (χ3v) is 3.92. The van der Waals surface area contributed by atoms with Gasteiger partial charge in [0.25, 0.3) is 0 Å². The van der Waals surface area contributed by atoms with E-state index in [0.29, 0.717) is 18.9 Å². The van der Waals surface area contributed by atoms with Crippen LogP contribution >= 0.6 is 0 Å². The fourth-order valence-corrected chi connectivity index (χ4v) is 3.23. The first-order valence-corrected chi connectivity index (χ1v) is 5.47. The molecule has 1 unspecified atom stereocenters. The van der Waals surface area contributed by atoms with E-state index in [2.05, 4.69) is 5.92 Å². The Morgan fingerprint density at radius 2 is 2.47 bits per heavy atom. The summed E-state index contributed by atoms with van der Waals surface area (Å²) in [4.78, 5) is 11.3. The minimum absolute atomic E-state index is 0.0578. The van der Waals surface area contributed by atoms with Crippen molar-refractivity contribution in [1.29, 1.82) is 0 Å². The molecule has 0 spiro atoms. The van der Waals surface area contributed by atoms with Crippen LogP contribution in [0.4, 0.5) is 0 Å². The number of aliphatic carboxylic acids is 1. The lowest BCUT2D eigenvalue weighted by Gasteiger charge is -2.23. The normalized spacial score (nSPS) is 38.6. The summed E-state index contributed by atoms with van der Waals surface area (Å²) in [6.07, 6.45) is 9.58. The van der Waals surface area contributed by atoms with Crippen molar-refractivity contribution >= 4 is 5.97 Å². The second-order valence-electron chi connectivity index (χ2n) is 4.63. The zero-order chi connectivity index (χ0) is 10.9. The van der Waals surface area contributed by atoms with Gasteiger partial charge in [-0.2, -0.15) is 0 Å². The van der Waals surface area contributed by atoms with Gasteiger partial charge in [-0.05, 0) is 31.6 Å². The summed E-state index contributed by atoms with van der Waals surface area (Å²) in [5, 5.41) is 9.32. The van der Waals surface area contributed by atoms with Gasteiger partial charge in [-0.1, -0.05) is 12.3 Å². The highest BCUT2D eigenvalue weighted by atomic mass is 16.5. The molecule has 2 rings (SSSR count). The van der Waals surface area contributed by atoms with Gasteiger partial charge < -0.3 is 9.84 Å². The summed E-state index contributed by atoms with van der Waals surface area (Å²) in [6.45, 7) is 0.299. The molecule has 15 heavy (non-hydrogen) atoms. The largest absolute Gasteiger partial charge is 0.481 e. The van der Waals surface area contributed by atoms with Crippen molar-refractivity contribution in [3.63, 3.8) is 0 Å². The smallest absolute Gasteiger partial charge is 0.310 e. The molecular formula is C12H16O3. The van der Waals surface area contributed by atoms with Crippen LogP contribution in [0.5, 0.6) is 0 Å². The van der Waals surface area contributed by atoms with Crippen LogP contribution in [0.3, 0.4) is 0 Å². The van der Waals surface area contributed by atoms with E-state index in [1.807, 2.05) is 0 Å². The average molecular weight is 208 g/mol. The highest BCUT2D eigenvalue weighted by Gasteiger charge is 2.55. The number of carboxylic acid groups (broad SMARTS) is 1. The number of hydrogen-bond donors (Lipinski definition) is 1. The molecule has 3 nitrogen and oxygen atoms in total. The van der Waals surface area contributed by atoms with Crippen LogP contribution in [-0.2, 0) is 9.53 Å². The van der Waals surface area contributed by atoms with Crippen LogP contribution in [0.1, 0.15) is 32.1 Å². The van der Waals surface area contributed by atoms with E-state index in [4.69, 9.17) is 11.2 Å². The van der Waals surface area contributed by atoms with Crippen molar-refractivity contribution in [1.82, 2.24) is 0 Å². The Hall–Kier alpha value is -1.01. The van der Waals surface area contributed by atoms with E-state index < -0.39 is 11.4 Å². The summed E-state index contributed by atoms with van der Waals surface area (Å²) >= 11 is 0. The Morgan fingerprint density at radius 3 is 3.07 bits per heavy atom. The van der Waals surface area contributed by atoms with Crippen LogP contribution in [-0.4, -0.2) is 23.8 Å². The number of carboxylic acids is 1. The van der Waals surface area contributed by atoms with Gasteiger partial charge in [0.1, 0.15) is 6.61 Å². The van der Waals surface area contributed by atoms with Crippen LogP contribution in [0.25, 0.3) is 0 Å². The maximum Gasteiger partial charge on any atom is 0.310 e. The zero-order valence-electron chi connectivity index (χ0n) is 8.74. The van der Waals surface area contributed by atoms with Crippen LogP contribution < -0.4 is 0 Å². The summed E-state index contributed by atoms with van der Waals surface area (Å²) in [5.41, 5.74) is -0.501. The molecule has 0 aromatic heterocycles. The molecule has 0 amide bonds. The van der Waals surface area contributed by atoms with Crippen LogP contribution in [0, 0.1) is 23.7 Å². The number of fused-ring (bicyclic) bond motifs is 1. The number of ether oxygens (including phenoxy) is 1. The minimum Gasteiger partial charge on any atom is -0.481 e. The second kappa shape index (κ2) is 3.86. The molecule has 0 bridgehead atoms. The maximum atomic E-state index is 11.3. The predicted molar refractivity (Wildman–Crippen MR) is 55.2 cm³/mol. The van der Waals surface area contributed by atoms with Gasteiger partial charge in [-0.25, -0.2) is 0 Å². The number of rotatable bonds is 3. The summed E-state index contributed by atoms with van der Waals surface area (Å²) in [7, 11) is 0. The molecule has 0 saturated heterocycles. The van der Waals surface area contributed by atoms with E-state index in [1.54, 1.807) is 0 Å². The fourth-order valence-electron chi connectivity index (χ4n) is 3.23. The lowest BCUT2D eigenvalue weighted by Crippen LogP contribution is -2.30. The van der Waals surface area contributed by atoms with Gasteiger partial charge in [-0.15, -0.1) is 6.42 Å². The minimum atomic E-state index is -0.642. The van der Waals surface area contributed by atoms with E-state index in [-0.39, 0.29) is 6.10 Å². The highest BCUT2D eigenvalue weighted by molar-refractivity contribution is 5.76. The van der Waals surface area contributed by atoms with Gasteiger partial charge in [0.05, 0.1) is 11.5 Å². The molecule has 0 heterocycles. The molecule has 0 aromatic rings. The van der Waals surface area contributed by atoms with E-state index in [0.717, 1.165) is 25.7 Å². The van der Waals surface area contributed by atoms with Crippen LogP contribution in [0.15, 0.2) is 0 Å². The van der Waals surface area contributed by atoms with Crippen molar-refractivity contribution in [3.8, 4) is 12.3 Å². The average Bonchev–Trinajstić information content (AvgIpc) is 2.70. The van der Waals surface area contributed by atoms with Gasteiger partial charge in [0, 0.05) is 0 Å². The molecule has 0 aliphatic heterocycles. The lowest BCUT2D eigenvalue weighted by atomic mass is 9.80. The Labute approximate surface area is 89.8 Å². The molecular weight excluding hydrogens is 192 g/mol. The van der Waals surface area contributed by atoms with E-state index >= 15 is 0 Å². The number of carbonyl (C=O) groups is 1. The third-order valence-electron chi connectivity index (χ3n) is 3.92. The Balaban J connectivity index is 2.05. The van der Waals surface area contributed by atoms with E-state index in [1.165, 1.54) is 0 Å². The highest BCUT2D eigenvalue weighted by Crippen LogP contribution is 2.55. The van der Waals surface area contributed by atoms with Crippen molar-refractivity contribution in [2.45, 2.75) is 38.2 Å². The topological polar surface area (TPSA) is 46.5 Å². The third kappa shape index (κ3) is 1.63. The fraction of sp³-hybridized carbons (Fsp3) is 0.750. The molecule has 2 saturated carbocycles. The predicted octanol–water partition coefficient (Wildman–Crippen LogP) is 1.67. The standard InChI is InChI=1S/C12H16O3/c1-2-6-15-10-7-9-4-3-5-12(9,8-10)11(13)14/h1,9-10H,3-8H2,(H,13,14)/t9?,10-,12-/m1/s1. The molecule has 0 aromatic carbocycles. The Morgan fingerprint density at radius 1 is 1.67 bits per heavy atom. The Kier molecular flexibility index (Phi) is 2.70. The first-order valence-electron chi connectivity index (χ1n) is 5.47. The molecule has 2 fully saturated rings. The van der Waals surface area contributed by atoms with Crippen molar-refractivity contribution in [2.75, 3.05) is 6.61 Å². The van der Waals surface area contributed by atoms with Crippen molar-refractivity contribution in [2.24, 2.45) is 11.3 Å². The molecule has 3 atom stereocenters. The monoisotopic (exact) mass is 208 g/mol. The summed E-state index contributed by atoms with van der Waals surface area (Å²) in [6, 6.07) is 0. The van der Waals surface area contributed by atoms with Gasteiger partial charge >= 0.3 is 5.97 Å². The van der Waals surface area contributed by atoms with Gasteiger partial charge in [-0.3, -0.25) is 4.79 Å².